The predicted octanol–water partition coefficient (Wildman–Crippen LogP) is 1.89. The van der Waals surface area contributed by atoms with E-state index in [1.54, 1.807) is 12.1 Å². The number of nitrogens with zero attached hydrogens (tertiary/aromatic N) is 2. The summed E-state index contributed by atoms with van der Waals surface area (Å²) in [6, 6.07) is 7.18. The van der Waals surface area contributed by atoms with E-state index in [1.165, 1.54) is 4.68 Å². The molecule has 0 bridgehead atoms. The van der Waals surface area contributed by atoms with Gasteiger partial charge in [-0.15, -0.1) is 0 Å². The molecule has 16 heavy (non-hydrogen) atoms. The van der Waals surface area contributed by atoms with E-state index in [0.717, 1.165) is 0 Å². The van der Waals surface area contributed by atoms with Crippen molar-refractivity contribution in [2.24, 2.45) is 0 Å². The number of benzene rings is 1. The lowest BCUT2D eigenvalue weighted by Gasteiger charge is -2.06. The van der Waals surface area contributed by atoms with Crippen LogP contribution in [0.4, 0.5) is 0 Å². The standard InChI is InChI=1S/C9H9ClN4OS/c10-6-3-1-2-4-7(6)15-5-8-12-13-9(16)14(8)11/h1-4H,5,11H2,(H,13,16). The number of nitrogens with one attached hydrogen (secondary N) is 1. The molecule has 2 rings (SSSR count). The Morgan fingerprint density at radius 1 is 1.50 bits per heavy atom. The Morgan fingerprint density at radius 3 is 2.88 bits per heavy atom. The van der Waals surface area contributed by atoms with Crippen LogP contribution in [0.3, 0.4) is 0 Å². The number of H-pyrrole nitrogens is 1. The molecule has 1 aromatic carbocycles. The van der Waals surface area contributed by atoms with Crippen molar-refractivity contribution in [3.8, 4) is 5.75 Å². The smallest absolute Gasteiger partial charge is 0.214 e. The molecule has 3 N–H and O–H groups in total. The highest BCUT2D eigenvalue weighted by molar-refractivity contribution is 7.71. The topological polar surface area (TPSA) is 68.9 Å². The number of aromatic nitrogens is 3. The highest BCUT2D eigenvalue weighted by atomic mass is 35.5. The maximum absolute atomic E-state index is 5.92. The molecule has 0 radical (unpaired) electrons. The molecule has 0 spiro atoms. The Labute approximate surface area is 102 Å². The Hall–Kier alpha value is -1.53. The molecule has 0 aliphatic carbocycles. The first-order valence-electron chi connectivity index (χ1n) is 4.47. The summed E-state index contributed by atoms with van der Waals surface area (Å²) >= 11 is 10.8. The van der Waals surface area contributed by atoms with Crippen LogP contribution < -0.4 is 10.6 Å². The van der Waals surface area contributed by atoms with Crippen LogP contribution in [0.1, 0.15) is 5.82 Å². The Bertz CT molecular complexity index is 550. The van der Waals surface area contributed by atoms with Crippen LogP contribution in [-0.4, -0.2) is 14.9 Å². The lowest BCUT2D eigenvalue weighted by molar-refractivity contribution is 0.292. The monoisotopic (exact) mass is 256 g/mol. The third-order valence-corrected chi connectivity index (χ3v) is 2.57. The summed E-state index contributed by atoms with van der Waals surface area (Å²) in [6.07, 6.45) is 0. The number of ether oxygens (including phenoxy) is 1. The maximum atomic E-state index is 5.92. The molecular weight excluding hydrogens is 248 g/mol. The number of hydrogen-bond acceptors (Lipinski definition) is 4. The highest BCUT2D eigenvalue weighted by Crippen LogP contribution is 2.23. The van der Waals surface area contributed by atoms with Crippen LogP contribution in [0.25, 0.3) is 0 Å². The Morgan fingerprint density at radius 2 is 2.25 bits per heavy atom. The first-order chi connectivity index (χ1) is 7.68. The number of nitrogens with two attached hydrogens (primary N) is 1. The third-order valence-electron chi connectivity index (χ3n) is 1.97. The minimum Gasteiger partial charge on any atom is -0.484 e. The van der Waals surface area contributed by atoms with Gasteiger partial charge in [0.25, 0.3) is 0 Å². The van der Waals surface area contributed by atoms with Crippen molar-refractivity contribution in [3.05, 3.63) is 39.9 Å². The molecule has 1 heterocycles. The fraction of sp³-hybridized carbons (Fsp3) is 0.111. The number of hydrogen-bond donors (Lipinski definition) is 2. The minimum absolute atomic E-state index is 0.202. The molecule has 0 saturated heterocycles. The van der Waals surface area contributed by atoms with Gasteiger partial charge in [0.1, 0.15) is 12.4 Å². The van der Waals surface area contributed by atoms with E-state index in [9.17, 15) is 0 Å². The molecule has 0 aliphatic rings. The second kappa shape index (κ2) is 4.54. The van der Waals surface area contributed by atoms with E-state index in [-0.39, 0.29) is 6.61 Å². The zero-order chi connectivity index (χ0) is 11.5. The summed E-state index contributed by atoms with van der Waals surface area (Å²) < 4.78 is 7.06. The van der Waals surface area contributed by atoms with Crippen LogP contribution in [0.15, 0.2) is 24.3 Å². The van der Waals surface area contributed by atoms with E-state index >= 15 is 0 Å². The molecule has 0 fully saturated rings. The van der Waals surface area contributed by atoms with E-state index in [2.05, 4.69) is 10.2 Å². The van der Waals surface area contributed by atoms with Crippen LogP contribution >= 0.6 is 23.8 Å². The van der Waals surface area contributed by atoms with Gasteiger partial charge in [0, 0.05) is 0 Å². The van der Waals surface area contributed by atoms with E-state index in [0.29, 0.717) is 21.4 Å². The molecule has 1 aromatic heterocycles. The average Bonchev–Trinajstić information content (AvgIpc) is 2.59. The molecule has 2 aromatic rings. The first-order valence-corrected chi connectivity index (χ1v) is 5.26. The van der Waals surface area contributed by atoms with Gasteiger partial charge in [0.15, 0.2) is 5.82 Å². The quantitative estimate of drug-likeness (QED) is 0.650. The number of para-hydroxylation sites is 1. The second-order valence-electron chi connectivity index (χ2n) is 3.03. The summed E-state index contributed by atoms with van der Waals surface area (Å²) in [4.78, 5) is 0. The Kier molecular flexibility index (Phi) is 3.12. The summed E-state index contributed by atoms with van der Waals surface area (Å²) in [5.74, 6) is 6.70. The molecule has 0 amide bonds. The zero-order valence-electron chi connectivity index (χ0n) is 8.18. The molecule has 7 heteroatoms. The van der Waals surface area contributed by atoms with Gasteiger partial charge in [-0.3, -0.25) is 5.10 Å². The normalized spacial score (nSPS) is 10.3. The number of rotatable bonds is 3. The van der Waals surface area contributed by atoms with Crippen molar-refractivity contribution >= 4 is 23.8 Å². The van der Waals surface area contributed by atoms with Crippen LogP contribution in [0.5, 0.6) is 5.75 Å². The summed E-state index contributed by atoms with van der Waals surface area (Å²) in [7, 11) is 0. The van der Waals surface area contributed by atoms with Gasteiger partial charge in [-0.25, -0.2) is 4.68 Å². The number of nitrogen functional groups attached to an aromatic ring is 1. The van der Waals surface area contributed by atoms with Crippen LogP contribution in [0.2, 0.25) is 5.02 Å². The summed E-state index contributed by atoms with van der Waals surface area (Å²) in [5.41, 5.74) is 0. The van der Waals surface area contributed by atoms with Crippen molar-refractivity contribution in [2.75, 3.05) is 5.84 Å². The van der Waals surface area contributed by atoms with E-state index in [4.69, 9.17) is 34.4 Å². The minimum atomic E-state index is 0.202. The first kappa shape index (κ1) is 11.0. The van der Waals surface area contributed by atoms with Crippen molar-refractivity contribution < 1.29 is 4.74 Å². The van der Waals surface area contributed by atoms with Crippen molar-refractivity contribution in [2.45, 2.75) is 6.61 Å². The lowest BCUT2D eigenvalue weighted by Crippen LogP contribution is -2.14. The second-order valence-corrected chi connectivity index (χ2v) is 3.83. The third kappa shape index (κ3) is 2.17. The van der Waals surface area contributed by atoms with Gasteiger partial charge in [-0.05, 0) is 24.4 Å². The molecule has 84 valence electrons. The highest BCUT2D eigenvalue weighted by Gasteiger charge is 2.05. The number of aromatic amines is 1. The Balaban J connectivity index is 2.11. The number of halogens is 1. The SMILES string of the molecule is Nn1c(COc2ccccc2Cl)n[nH]c1=S. The molecule has 0 saturated carbocycles. The van der Waals surface area contributed by atoms with Gasteiger partial charge >= 0.3 is 0 Å². The largest absolute Gasteiger partial charge is 0.484 e. The van der Waals surface area contributed by atoms with Gasteiger partial charge in [0.2, 0.25) is 4.77 Å². The lowest BCUT2D eigenvalue weighted by atomic mass is 10.3. The molecule has 5 nitrogen and oxygen atoms in total. The molecule has 0 aliphatic heterocycles. The fourth-order valence-corrected chi connectivity index (χ4v) is 1.48. The van der Waals surface area contributed by atoms with Crippen LogP contribution in [-0.2, 0) is 6.61 Å². The molecule has 0 atom stereocenters. The summed E-state index contributed by atoms with van der Waals surface area (Å²) in [6.45, 7) is 0.202. The van der Waals surface area contributed by atoms with Gasteiger partial charge < -0.3 is 10.6 Å². The van der Waals surface area contributed by atoms with Crippen LogP contribution in [0, 0.1) is 4.77 Å². The predicted molar refractivity (Wildman–Crippen MR) is 63.3 cm³/mol. The van der Waals surface area contributed by atoms with Crippen molar-refractivity contribution in [1.82, 2.24) is 14.9 Å². The van der Waals surface area contributed by atoms with Gasteiger partial charge in [-0.2, -0.15) is 5.10 Å². The fourth-order valence-electron chi connectivity index (χ4n) is 1.14. The van der Waals surface area contributed by atoms with Gasteiger partial charge in [-0.1, -0.05) is 23.7 Å². The molecule has 0 unspecified atom stereocenters. The molecular formula is C9H9ClN4OS. The van der Waals surface area contributed by atoms with Crippen molar-refractivity contribution in [3.63, 3.8) is 0 Å². The van der Waals surface area contributed by atoms with Crippen molar-refractivity contribution in [1.29, 1.82) is 0 Å². The van der Waals surface area contributed by atoms with E-state index in [1.807, 2.05) is 12.1 Å². The van der Waals surface area contributed by atoms with Gasteiger partial charge in [0.05, 0.1) is 5.02 Å². The zero-order valence-corrected chi connectivity index (χ0v) is 9.76. The maximum Gasteiger partial charge on any atom is 0.214 e. The average molecular weight is 257 g/mol. The van der Waals surface area contributed by atoms with E-state index < -0.39 is 0 Å². The summed E-state index contributed by atoms with van der Waals surface area (Å²) in [5, 5.41) is 7.02.